The molecule has 1 aromatic heterocycles. The van der Waals surface area contributed by atoms with Crippen molar-refractivity contribution >= 4 is 11.7 Å². The summed E-state index contributed by atoms with van der Waals surface area (Å²) in [6.45, 7) is 4.98. The second-order valence-electron chi connectivity index (χ2n) is 7.52. The molecular weight excluding hydrogens is 376 g/mol. The van der Waals surface area contributed by atoms with Crippen LogP contribution in [0.5, 0.6) is 5.75 Å². The fraction of sp³-hybridized carbons (Fsp3) is 0.292. The smallest absolute Gasteiger partial charge is 0.227 e. The molecule has 1 fully saturated rings. The number of methoxy groups -OCH3 is 1. The van der Waals surface area contributed by atoms with Crippen molar-refractivity contribution in [1.82, 2.24) is 14.9 Å². The Morgan fingerprint density at radius 1 is 0.967 bits per heavy atom. The zero-order valence-electron chi connectivity index (χ0n) is 17.4. The van der Waals surface area contributed by atoms with E-state index >= 15 is 0 Å². The van der Waals surface area contributed by atoms with Gasteiger partial charge in [-0.1, -0.05) is 29.8 Å². The van der Waals surface area contributed by atoms with Gasteiger partial charge in [-0.3, -0.25) is 4.79 Å². The van der Waals surface area contributed by atoms with Gasteiger partial charge in [-0.25, -0.2) is 9.97 Å². The van der Waals surface area contributed by atoms with Crippen LogP contribution in [-0.2, 0) is 11.2 Å². The number of nitrogens with zero attached hydrogens (tertiary/aromatic N) is 4. The summed E-state index contributed by atoms with van der Waals surface area (Å²) in [7, 11) is 1.66. The van der Waals surface area contributed by atoms with E-state index < -0.39 is 0 Å². The van der Waals surface area contributed by atoms with Gasteiger partial charge in [0.25, 0.3) is 0 Å². The van der Waals surface area contributed by atoms with Crippen molar-refractivity contribution in [1.29, 1.82) is 0 Å². The Morgan fingerprint density at radius 3 is 2.33 bits per heavy atom. The van der Waals surface area contributed by atoms with E-state index in [2.05, 4.69) is 33.9 Å². The van der Waals surface area contributed by atoms with Crippen molar-refractivity contribution in [3.05, 3.63) is 72.1 Å². The van der Waals surface area contributed by atoms with Gasteiger partial charge in [0.05, 0.1) is 19.2 Å². The number of piperazine rings is 1. The van der Waals surface area contributed by atoms with E-state index in [1.54, 1.807) is 13.4 Å². The highest BCUT2D eigenvalue weighted by molar-refractivity contribution is 5.79. The monoisotopic (exact) mass is 402 g/mol. The lowest BCUT2D eigenvalue weighted by atomic mass is 10.1. The van der Waals surface area contributed by atoms with Gasteiger partial charge >= 0.3 is 0 Å². The third-order valence-corrected chi connectivity index (χ3v) is 5.47. The average molecular weight is 402 g/mol. The first kappa shape index (κ1) is 19.9. The zero-order valence-corrected chi connectivity index (χ0v) is 17.4. The number of hydrogen-bond donors (Lipinski definition) is 0. The molecule has 0 radical (unpaired) electrons. The minimum Gasteiger partial charge on any atom is -0.497 e. The molecule has 0 aliphatic carbocycles. The molecule has 154 valence electrons. The first-order valence-electron chi connectivity index (χ1n) is 10.2. The van der Waals surface area contributed by atoms with E-state index in [0.717, 1.165) is 41.5 Å². The van der Waals surface area contributed by atoms with Gasteiger partial charge in [-0.05, 0) is 36.8 Å². The normalized spacial score (nSPS) is 13.9. The van der Waals surface area contributed by atoms with Crippen LogP contribution in [0.1, 0.15) is 11.1 Å². The van der Waals surface area contributed by atoms with Gasteiger partial charge in [-0.15, -0.1) is 0 Å². The third-order valence-electron chi connectivity index (χ3n) is 5.47. The molecule has 30 heavy (non-hydrogen) atoms. The molecule has 1 amide bonds. The van der Waals surface area contributed by atoms with E-state index in [1.807, 2.05) is 47.4 Å². The number of hydrogen-bond acceptors (Lipinski definition) is 5. The Labute approximate surface area is 177 Å². The highest BCUT2D eigenvalue weighted by Crippen LogP contribution is 2.23. The standard InChI is InChI=1S/C24H26N4O2/c1-18-3-5-19(6-4-18)15-24(29)28-13-11-27(12-14-28)23-16-22(25-17-26-23)20-7-9-21(30-2)10-8-20/h3-10,16-17H,11-15H2,1-2H3. The summed E-state index contributed by atoms with van der Waals surface area (Å²) < 4.78 is 5.22. The van der Waals surface area contributed by atoms with Crippen LogP contribution < -0.4 is 9.64 Å². The lowest BCUT2D eigenvalue weighted by molar-refractivity contribution is -0.130. The Balaban J connectivity index is 1.37. The summed E-state index contributed by atoms with van der Waals surface area (Å²) >= 11 is 0. The first-order valence-corrected chi connectivity index (χ1v) is 10.2. The van der Waals surface area contributed by atoms with Gasteiger partial charge in [0.2, 0.25) is 5.91 Å². The second-order valence-corrected chi connectivity index (χ2v) is 7.52. The number of aromatic nitrogens is 2. The van der Waals surface area contributed by atoms with Crippen molar-refractivity contribution in [3.8, 4) is 17.0 Å². The van der Waals surface area contributed by atoms with Crippen molar-refractivity contribution in [2.24, 2.45) is 0 Å². The number of carbonyl (C=O) groups excluding carboxylic acids is 1. The molecule has 0 atom stereocenters. The lowest BCUT2D eigenvalue weighted by Crippen LogP contribution is -2.49. The van der Waals surface area contributed by atoms with Crippen LogP contribution in [0.2, 0.25) is 0 Å². The Kier molecular flexibility index (Phi) is 5.93. The van der Waals surface area contributed by atoms with Gasteiger partial charge in [0.15, 0.2) is 0 Å². The van der Waals surface area contributed by atoms with Crippen molar-refractivity contribution in [2.75, 3.05) is 38.2 Å². The van der Waals surface area contributed by atoms with Crippen LogP contribution in [0, 0.1) is 6.92 Å². The maximum absolute atomic E-state index is 12.7. The maximum Gasteiger partial charge on any atom is 0.227 e. The van der Waals surface area contributed by atoms with E-state index in [9.17, 15) is 4.79 Å². The molecule has 1 saturated heterocycles. The second kappa shape index (κ2) is 8.95. The fourth-order valence-electron chi connectivity index (χ4n) is 3.62. The van der Waals surface area contributed by atoms with Crippen molar-refractivity contribution in [2.45, 2.75) is 13.3 Å². The topological polar surface area (TPSA) is 58.6 Å². The molecule has 1 aliphatic rings. The van der Waals surface area contributed by atoms with Gasteiger partial charge in [0.1, 0.15) is 17.9 Å². The van der Waals surface area contributed by atoms with E-state index in [4.69, 9.17) is 4.74 Å². The van der Waals surface area contributed by atoms with Crippen LogP contribution in [0.3, 0.4) is 0 Å². The summed E-state index contributed by atoms with van der Waals surface area (Å²) in [5, 5.41) is 0. The molecule has 4 rings (SSSR count). The number of aryl methyl sites for hydroxylation is 1. The molecular formula is C24H26N4O2. The molecule has 6 heteroatoms. The number of rotatable bonds is 5. The average Bonchev–Trinajstić information content (AvgIpc) is 2.81. The Hall–Kier alpha value is -3.41. The molecule has 0 bridgehead atoms. The molecule has 2 heterocycles. The number of carbonyl (C=O) groups is 1. The molecule has 2 aromatic carbocycles. The van der Waals surface area contributed by atoms with E-state index in [-0.39, 0.29) is 5.91 Å². The Morgan fingerprint density at radius 2 is 1.67 bits per heavy atom. The number of ether oxygens (including phenoxy) is 1. The molecule has 0 saturated carbocycles. The number of benzene rings is 2. The van der Waals surface area contributed by atoms with Crippen LogP contribution in [0.15, 0.2) is 60.9 Å². The summed E-state index contributed by atoms with van der Waals surface area (Å²) in [5.74, 6) is 1.89. The first-order chi connectivity index (χ1) is 14.6. The van der Waals surface area contributed by atoms with Gasteiger partial charge in [-0.2, -0.15) is 0 Å². The molecule has 1 aliphatic heterocycles. The largest absolute Gasteiger partial charge is 0.497 e. The third kappa shape index (κ3) is 4.59. The fourth-order valence-corrected chi connectivity index (χ4v) is 3.62. The van der Waals surface area contributed by atoms with Crippen molar-refractivity contribution in [3.63, 3.8) is 0 Å². The molecule has 0 N–H and O–H groups in total. The summed E-state index contributed by atoms with van der Waals surface area (Å²) in [6.07, 6.45) is 2.05. The highest BCUT2D eigenvalue weighted by Gasteiger charge is 2.22. The molecule has 3 aromatic rings. The predicted octanol–water partition coefficient (Wildman–Crippen LogP) is 3.35. The highest BCUT2D eigenvalue weighted by atomic mass is 16.5. The van der Waals surface area contributed by atoms with Gasteiger partial charge in [0, 0.05) is 37.8 Å². The Bertz CT molecular complexity index is 994. The summed E-state index contributed by atoms with van der Waals surface area (Å²) in [5.41, 5.74) is 4.17. The molecule has 0 unspecified atom stereocenters. The molecule has 6 nitrogen and oxygen atoms in total. The SMILES string of the molecule is COc1ccc(-c2cc(N3CCN(C(=O)Cc4ccc(C)cc4)CC3)ncn2)cc1. The minimum absolute atomic E-state index is 0.181. The minimum atomic E-state index is 0.181. The van der Waals surface area contributed by atoms with E-state index in [0.29, 0.717) is 19.5 Å². The molecule has 0 spiro atoms. The van der Waals surface area contributed by atoms with Gasteiger partial charge < -0.3 is 14.5 Å². The predicted molar refractivity (Wildman–Crippen MR) is 118 cm³/mol. The van der Waals surface area contributed by atoms with Crippen LogP contribution >= 0.6 is 0 Å². The van der Waals surface area contributed by atoms with Crippen LogP contribution in [0.25, 0.3) is 11.3 Å². The van der Waals surface area contributed by atoms with Crippen molar-refractivity contribution < 1.29 is 9.53 Å². The quantitative estimate of drug-likeness (QED) is 0.655. The lowest BCUT2D eigenvalue weighted by Gasteiger charge is -2.35. The maximum atomic E-state index is 12.7. The van der Waals surface area contributed by atoms with Crippen LogP contribution in [0.4, 0.5) is 5.82 Å². The number of amides is 1. The zero-order chi connectivity index (χ0) is 20.9. The summed E-state index contributed by atoms with van der Waals surface area (Å²) in [4.78, 5) is 25.7. The van der Waals surface area contributed by atoms with Crippen LogP contribution in [-0.4, -0.2) is 54.1 Å². The summed E-state index contributed by atoms with van der Waals surface area (Å²) in [6, 6.07) is 18.0. The number of anilines is 1. The van der Waals surface area contributed by atoms with E-state index in [1.165, 1.54) is 5.56 Å².